The van der Waals surface area contributed by atoms with Crippen LogP contribution in [0.4, 0.5) is 5.69 Å². The molecule has 1 amide bonds. The van der Waals surface area contributed by atoms with E-state index in [1.807, 2.05) is 38.1 Å². The highest BCUT2D eigenvalue weighted by molar-refractivity contribution is 7.92. The average Bonchev–Trinajstić information content (AvgIpc) is 2.78. The van der Waals surface area contributed by atoms with Crippen LogP contribution < -0.4 is 19.5 Å². The van der Waals surface area contributed by atoms with Gasteiger partial charge < -0.3 is 14.8 Å². The predicted molar refractivity (Wildman–Crippen MR) is 124 cm³/mol. The largest absolute Gasteiger partial charge is 0.494 e. The maximum Gasteiger partial charge on any atom is 0.261 e. The highest BCUT2D eigenvalue weighted by Gasteiger charge is 2.15. The number of carbonyl (C=O) groups is 1. The monoisotopic (exact) mass is 454 g/mol. The zero-order valence-corrected chi connectivity index (χ0v) is 18.8. The zero-order chi connectivity index (χ0) is 23.0. The van der Waals surface area contributed by atoms with Crippen molar-refractivity contribution < 1.29 is 22.7 Å². The summed E-state index contributed by atoms with van der Waals surface area (Å²) in [6.07, 6.45) is 0. The van der Waals surface area contributed by atoms with Crippen molar-refractivity contribution in [3.63, 3.8) is 0 Å². The predicted octanol–water partition coefficient (Wildman–Crippen LogP) is 4.00. The van der Waals surface area contributed by atoms with Gasteiger partial charge in [0.05, 0.1) is 18.0 Å². The molecular weight excluding hydrogens is 428 g/mol. The standard InChI is InChI=1S/C24H26N2O5S/c1-3-30-21-11-9-20(10-12-21)26-32(28,29)23-13-7-19(8-14-23)24(27)25-15-16-31-22-6-4-5-18(2)17-22/h4-14,17,26H,3,15-16H2,1-2H3,(H,25,27). The molecule has 0 radical (unpaired) electrons. The van der Waals surface area contributed by atoms with E-state index in [4.69, 9.17) is 9.47 Å². The number of hydrogen-bond acceptors (Lipinski definition) is 5. The van der Waals surface area contributed by atoms with Gasteiger partial charge in [0.25, 0.3) is 15.9 Å². The van der Waals surface area contributed by atoms with Gasteiger partial charge in [0.15, 0.2) is 0 Å². The van der Waals surface area contributed by atoms with Gasteiger partial charge in [0.2, 0.25) is 0 Å². The molecule has 32 heavy (non-hydrogen) atoms. The van der Waals surface area contributed by atoms with Gasteiger partial charge in [-0.1, -0.05) is 12.1 Å². The number of nitrogens with one attached hydrogen (secondary N) is 2. The van der Waals surface area contributed by atoms with Gasteiger partial charge in [-0.15, -0.1) is 0 Å². The molecule has 3 aromatic carbocycles. The fourth-order valence-electron chi connectivity index (χ4n) is 2.93. The number of carbonyl (C=O) groups excluding carboxylic acids is 1. The first kappa shape index (κ1) is 23.1. The number of amides is 1. The third kappa shape index (κ3) is 6.49. The molecule has 2 N–H and O–H groups in total. The van der Waals surface area contributed by atoms with Crippen molar-refractivity contribution in [2.75, 3.05) is 24.5 Å². The summed E-state index contributed by atoms with van der Waals surface area (Å²) < 4.78 is 38.7. The maximum absolute atomic E-state index is 12.6. The lowest BCUT2D eigenvalue weighted by Crippen LogP contribution is -2.28. The summed E-state index contributed by atoms with van der Waals surface area (Å²) in [4.78, 5) is 12.4. The fourth-order valence-corrected chi connectivity index (χ4v) is 3.98. The Morgan fingerprint density at radius 3 is 2.28 bits per heavy atom. The molecule has 3 rings (SSSR count). The Morgan fingerprint density at radius 1 is 0.906 bits per heavy atom. The van der Waals surface area contributed by atoms with Crippen molar-refractivity contribution in [2.45, 2.75) is 18.7 Å². The van der Waals surface area contributed by atoms with Crippen LogP contribution in [0.2, 0.25) is 0 Å². The second kappa shape index (κ2) is 10.7. The molecule has 0 heterocycles. The molecule has 0 aliphatic rings. The van der Waals surface area contributed by atoms with E-state index < -0.39 is 10.0 Å². The quantitative estimate of drug-likeness (QED) is 0.452. The first-order valence-electron chi connectivity index (χ1n) is 10.2. The topological polar surface area (TPSA) is 93.7 Å². The van der Waals surface area contributed by atoms with Crippen LogP contribution in [-0.4, -0.2) is 34.1 Å². The van der Waals surface area contributed by atoms with Crippen LogP contribution >= 0.6 is 0 Å². The van der Waals surface area contributed by atoms with Crippen molar-refractivity contribution in [1.29, 1.82) is 0 Å². The molecule has 0 saturated carbocycles. The Balaban J connectivity index is 1.53. The van der Waals surface area contributed by atoms with Crippen LogP contribution in [0.5, 0.6) is 11.5 Å². The van der Waals surface area contributed by atoms with Crippen molar-refractivity contribution in [3.8, 4) is 11.5 Å². The minimum absolute atomic E-state index is 0.0608. The van der Waals surface area contributed by atoms with Crippen LogP contribution in [0.1, 0.15) is 22.8 Å². The third-order valence-corrected chi connectivity index (χ3v) is 5.89. The number of anilines is 1. The van der Waals surface area contributed by atoms with Crippen molar-refractivity contribution in [1.82, 2.24) is 5.32 Å². The molecule has 0 atom stereocenters. The van der Waals surface area contributed by atoms with Crippen molar-refractivity contribution in [3.05, 3.63) is 83.9 Å². The van der Waals surface area contributed by atoms with Gasteiger partial charge in [0, 0.05) is 11.3 Å². The van der Waals surface area contributed by atoms with Gasteiger partial charge >= 0.3 is 0 Å². The summed E-state index contributed by atoms with van der Waals surface area (Å²) in [6, 6.07) is 20.0. The lowest BCUT2D eigenvalue weighted by Gasteiger charge is -2.10. The van der Waals surface area contributed by atoms with Crippen LogP contribution in [0.15, 0.2) is 77.7 Å². The van der Waals surface area contributed by atoms with Gasteiger partial charge in [0.1, 0.15) is 18.1 Å². The average molecular weight is 455 g/mol. The zero-order valence-electron chi connectivity index (χ0n) is 18.0. The Morgan fingerprint density at radius 2 is 1.62 bits per heavy atom. The van der Waals surface area contributed by atoms with Crippen molar-refractivity contribution in [2.24, 2.45) is 0 Å². The minimum atomic E-state index is -3.78. The summed E-state index contributed by atoms with van der Waals surface area (Å²) in [5.74, 6) is 1.10. The minimum Gasteiger partial charge on any atom is -0.494 e. The highest BCUT2D eigenvalue weighted by atomic mass is 32.2. The van der Waals surface area contributed by atoms with E-state index in [0.29, 0.717) is 36.8 Å². The smallest absolute Gasteiger partial charge is 0.261 e. The summed E-state index contributed by atoms with van der Waals surface area (Å²) in [7, 11) is -3.78. The molecule has 7 nitrogen and oxygen atoms in total. The van der Waals surface area contributed by atoms with Crippen molar-refractivity contribution >= 4 is 21.6 Å². The lowest BCUT2D eigenvalue weighted by molar-refractivity contribution is 0.0947. The fraction of sp³-hybridized carbons (Fsp3) is 0.208. The Hall–Kier alpha value is -3.52. The number of hydrogen-bond donors (Lipinski definition) is 2. The number of sulfonamides is 1. The SMILES string of the molecule is CCOc1ccc(NS(=O)(=O)c2ccc(C(=O)NCCOc3cccc(C)c3)cc2)cc1. The van der Waals surface area contributed by atoms with E-state index in [2.05, 4.69) is 10.0 Å². The molecule has 0 saturated heterocycles. The van der Waals surface area contributed by atoms with E-state index in [1.165, 1.54) is 24.3 Å². The van der Waals surface area contributed by atoms with Gasteiger partial charge in [-0.3, -0.25) is 9.52 Å². The molecule has 8 heteroatoms. The summed E-state index contributed by atoms with van der Waals surface area (Å²) in [5, 5.41) is 2.76. The molecule has 0 aliphatic carbocycles. The molecular formula is C24H26N2O5S. The Kier molecular flexibility index (Phi) is 7.72. The Labute approximate surface area is 188 Å². The molecule has 0 spiro atoms. The summed E-state index contributed by atoms with van der Waals surface area (Å²) >= 11 is 0. The van der Waals surface area contributed by atoms with E-state index in [0.717, 1.165) is 11.3 Å². The summed E-state index contributed by atoms with van der Waals surface area (Å²) in [5.41, 5.74) is 1.88. The normalized spacial score (nSPS) is 10.9. The molecule has 0 bridgehead atoms. The van der Waals surface area contributed by atoms with Gasteiger partial charge in [-0.2, -0.15) is 0 Å². The van der Waals surface area contributed by atoms with Crippen LogP contribution in [0.25, 0.3) is 0 Å². The first-order valence-corrected chi connectivity index (χ1v) is 11.7. The number of benzene rings is 3. The molecule has 168 valence electrons. The number of rotatable bonds is 10. The van der Waals surface area contributed by atoms with E-state index in [-0.39, 0.29) is 10.8 Å². The lowest BCUT2D eigenvalue weighted by atomic mass is 10.2. The molecule has 0 aliphatic heterocycles. The molecule has 0 aromatic heterocycles. The van der Waals surface area contributed by atoms with Crippen LogP contribution in [0.3, 0.4) is 0 Å². The first-order chi connectivity index (χ1) is 15.4. The van der Waals surface area contributed by atoms with E-state index >= 15 is 0 Å². The van der Waals surface area contributed by atoms with E-state index in [9.17, 15) is 13.2 Å². The van der Waals surface area contributed by atoms with Crippen LogP contribution in [-0.2, 0) is 10.0 Å². The number of ether oxygens (including phenoxy) is 2. The highest BCUT2D eigenvalue weighted by Crippen LogP contribution is 2.20. The summed E-state index contributed by atoms with van der Waals surface area (Å²) in [6.45, 7) is 5.04. The van der Waals surface area contributed by atoms with Gasteiger partial charge in [-0.25, -0.2) is 8.42 Å². The Bertz CT molecular complexity index is 1140. The second-order valence-corrected chi connectivity index (χ2v) is 8.69. The molecule has 0 fully saturated rings. The van der Waals surface area contributed by atoms with E-state index in [1.54, 1.807) is 24.3 Å². The molecule has 3 aromatic rings. The van der Waals surface area contributed by atoms with Crippen LogP contribution in [0, 0.1) is 6.92 Å². The molecule has 0 unspecified atom stereocenters. The third-order valence-electron chi connectivity index (χ3n) is 4.49. The second-order valence-electron chi connectivity index (χ2n) is 7.01. The maximum atomic E-state index is 12.6. The van der Waals surface area contributed by atoms with Gasteiger partial charge in [-0.05, 0) is 80.1 Å². The number of aryl methyl sites for hydroxylation is 1.